The van der Waals surface area contributed by atoms with Crippen molar-refractivity contribution in [2.45, 2.75) is 13.5 Å². The van der Waals surface area contributed by atoms with Crippen LogP contribution in [0.5, 0.6) is 5.75 Å². The second-order valence-corrected chi connectivity index (χ2v) is 6.40. The number of benzene rings is 2. The Morgan fingerprint density at radius 1 is 0.929 bits per heavy atom. The average Bonchev–Trinajstić information content (AvgIpc) is 2.74. The molecule has 0 aromatic heterocycles. The number of nitrogens with zero attached hydrogens (tertiary/aromatic N) is 2. The van der Waals surface area contributed by atoms with Gasteiger partial charge in [0.1, 0.15) is 12.4 Å². The molecule has 1 fully saturated rings. The van der Waals surface area contributed by atoms with Gasteiger partial charge < -0.3 is 24.6 Å². The van der Waals surface area contributed by atoms with Crippen LogP contribution in [-0.4, -0.2) is 54.7 Å². The lowest BCUT2D eigenvalue weighted by Crippen LogP contribution is -2.51. The van der Waals surface area contributed by atoms with E-state index >= 15 is 0 Å². The second-order valence-electron chi connectivity index (χ2n) is 6.40. The molecule has 1 aliphatic rings. The highest BCUT2D eigenvalue weighted by atomic mass is 16.6. The van der Waals surface area contributed by atoms with Crippen molar-refractivity contribution in [2.75, 3.05) is 38.1 Å². The maximum atomic E-state index is 12.4. The third-order valence-corrected chi connectivity index (χ3v) is 4.45. The Morgan fingerprint density at radius 3 is 2.21 bits per heavy atom. The van der Waals surface area contributed by atoms with Crippen LogP contribution in [0, 0.1) is 0 Å². The Kier molecular flexibility index (Phi) is 6.73. The van der Waals surface area contributed by atoms with E-state index in [1.54, 1.807) is 16.7 Å². The van der Waals surface area contributed by atoms with Crippen molar-refractivity contribution in [3.63, 3.8) is 0 Å². The van der Waals surface area contributed by atoms with Gasteiger partial charge in [0, 0.05) is 31.9 Å². The summed E-state index contributed by atoms with van der Waals surface area (Å²) in [5, 5.41) is 2.88. The van der Waals surface area contributed by atoms with Crippen molar-refractivity contribution in [1.82, 2.24) is 9.80 Å². The Morgan fingerprint density at radius 2 is 1.57 bits per heavy atom. The summed E-state index contributed by atoms with van der Waals surface area (Å²) in [6.45, 7) is 4.52. The Bertz CT molecular complexity index is 772. The van der Waals surface area contributed by atoms with Crippen LogP contribution in [-0.2, 0) is 11.3 Å². The average molecular weight is 383 g/mol. The molecule has 1 aliphatic heterocycles. The lowest BCUT2D eigenvalue weighted by Gasteiger charge is -2.34. The van der Waals surface area contributed by atoms with Crippen molar-refractivity contribution in [3.8, 4) is 5.75 Å². The fourth-order valence-corrected chi connectivity index (χ4v) is 2.88. The van der Waals surface area contributed by atoms with Gasteiger partial charge in [0.05, 0.1) is 6.61 Å². The van der Waals surface area contributed by atoms with Gasteiger partial charge in [-0.05, 0) is 36.8 Å². The van der Waals surface area contributed by atoms with Crippen LogP contribution in [0.15, 0.2) is 54.6 Å². The van der Waals surface area contributed by atoms with Crippen molar-refractivity contribution in [3.05, 3.63) is 60.2 Å². The molecule has 7 heteroatoms. The summed E-state index contributed by atoms with van der Waals surface area (Å²) in [4.78, 5) is 27.4. The van der Waals surface area contributed by atoms with Crippen molar-refractivity contribution >= 4 is 17.8 Å². The molecule has 3 rings (SSSR count). The molecule has 0 atom stereocenters. The van der Waals surface area contributed by atoms with Crippen LogP contribution >= 0.6 is 0 Å². The molecule has 1 saturated heterocycles. The molecule has 0 unspecified atom stereocenters. The minimum absolute atomic E-state index is 0.179. The number of urea groups is 1. The molecular formula is C21H25N3O4. The number of carbonyl (C=O) groups is 2. The van der Waals surface area contributed by atoms with Gasteiger partial charge >= 0.3 is 12.1 Å². The minimum Gasteiger partial charge on any atom is -0.489 e. The van der Waals surface area contributed by atoms with Gasteiger partial charge in [-0.1, -0.05) is 30.3 Å². The first-order valence-electron chi connectivity index (χ1n) is 9.40. The third-order valence-electron chi connectivity index (χ3n) is 4.45. The first-order valence-corrected chi connectivity index (χ1v) is 9.40. The Labute approximate surface area is 164 Å². The van der Waals surface area contributed by atoms with E-state index in [1.165, 1.54) is 0 Å². The number of ether oxygens (including phenoxy) is 2. The zero-order valence-electron chi connectivity index (χ0n) is 16.0. The first-order chi connectivity index (χ1) is 13.7. The van der Waals surface area contributed by atoms with Crippen LogP contribution in [0.2, 0.25) is 0 Å². The van der Waals surface area contributed by atoms with Crippen LogP contribution in [0.25, 0.3) is 0 Å². The molecule has 0 radical (unpaired) electrons. The number of amides is 3. The molecule has 0 bridgehead atoms. The molecule has 1 heterocycles. The summed E-state index contributed by atoms with van der Waals surface area (Å²) in [5.41, 5.74) is 1.80. The van der Waals surface area contributed by atoms with Crippen molar-refractivity contribution in [1.29, 1.82) is 0 Å². The summed E-state index contributed by atoms with van der Waals surface area (Å²) in [7, 11) is 0. The van der Waals surface area contributed by atoms with E-state index in [0.717, 1.165) is 11.3 Å². The van der Waals surface area contributed by atoms with Gasteiger partial charge in [-0.25, -0.2) is 9.59 Å². The van der Waals surface area contributed by atoms with E-state index in [2.05, 4.69) is 5.32 Å². The van der Waals surface area contributed by atoms with Gasteiger partial charge in [0.15, 0.2) is 0 Å². The van der Waals surface area contributed by atoms with Crippen LogP contribution in [0.1, 0.15) is 12.5 Å². The predicted molar refractivity (Wildman–Crippen MR) is 106 cm³/mol. The largest absolute Gasteiger partial charge is 0.489 e. The highest BCUT2D eigenvalue weighted by molar-refractivity contribution is 5.89. The van der Waals surface area contributed by atoms with Gasteiger partial charge in [-0.2, -0.15) is 0 Å². The molecule has 28 heavy (non-hydrogen) atoms. The molecule has 2 aromatic rings. The standard InChI is InChI=1S/C21H25N3O4/c1-2-27-21(26)24-14-12-23(13-15-24)20(25)22-18-8-10-19(11-9-18)28-16-17-6-4-3-5-7-17/h3-11H,2,12-16H2,1H3,(H,22,25). The van der Waals surface area contributed by atoms with Crippen LogP contribution in [0.4, 0.5) is 15.3 Å². The second kappa shape index (κ2) is 9.64. The maximum absolute atomic E-state index is 12.4. The topological polar surface area (TPSA) is 71.1 Å². The predicted octanol–water partition coefficient (Wildman–Crippen LogP) is 3.57. The van der Waals surface area contributed by atoms with Crippen molar-refractivity contribution < 1.29 is 19.1 Å². The summed E-state index contributed by atoms with van der Waals surface area (Å²) < 4.78 is 10.7. The fraction of sp³-hybridized carbons (Fsp3) is 0.333. The van der Waals surface area contributed by atoms with Crippen molar-refractivity contribution in [2.24, 2.45) is 0 Å². The van der Waals surface area contributed by atoms with E-state index in [-0.39, 0.29) is 12.1 Å². The SMILES string of the molecule is CCOC(=O)N1CCN(C(=O)Nc2ccc(OCc3ccccc3)cc2)CC1. The third kappa shape index (κ3) is 5.39. The number of rotatable bonds is 5. The number of hydrogen-bond donors (Lipinski definition) is 1. The number of anilines is 1. The molecule has 2 aromatic carbocycles. The van der Waals surface area contributed by atoms with E-state index in [1.807, 2.05) is 54.6 Å². The van der Waals surface area contributed by atoms with Crippen LogP contribution < -0.4 is 10.1 Å². The minimum atomic E-state index is -0.325. The molecular weight excluding hydrogens is 358 g/mol. The lowest BCUT2D eigenvalue weighted by atomic mass is 10.2. The monoisotopic (exact) mass is 383 g/mol. The van der Waals surface area contributed by atoms with Crippen LogP contribution in [0.3, 0.4) is 0 Å². The number of carbonyl (C=O) groups excluding carboxylic acids is 2. The molecule has 3 amide bonds. The zero-order chi connectivity index (χ0) is 19.8. The Balaban J connectivity index is 1.45. The highest BCUT2D eigenvalue weighted by Gasteiger charge is 2.24. The number of hydrogen-bond acceptors (Lipinski definition) is 4. The molecule has 0 saturated carbocycles. The molecule has 148 valence electrons. The summed E-state index contributed by atoms with van der Waals surface area (Å²) >= 11 is 0. The van der Waals surface area contributed by atoms with E-state index in [4.69, 9.17) is 9.47 Å². The molecule has 1 N–H and O–H groups in total. The van der Waals surface area contributed by atoms with Gasteiger partial charge in [0.25, 0.3) is 0 Å². The highest BCUT2D eigenvalue weighted by Crippen LogP contribution is 2.18. The number of piperazine rings is 1. The lowest BCUT2D eigenvalue weighted by molar-refractivity contribution is 0.0868. The Hall–Kier alpha value is -3.22. The van der Waals surface area contributed by atoms with Gasteiger partial charge in [0.2, 0.25) is 0 Å². The maximum Gasteiger partial charge on any atom is 0.409 e. The van der Waals surface area contributed by atoms with E-state index < -0.39 is 0 Å². The molecule has 0 aliphatic carbocycles. The first kappa shape index (κ1) is 19.5. The normalized spacial score (nSPS) is 13.8. The number of nitrogens with one attached hydrogen (secondary N) is 1. The summed E-state index contributed by atoms with van der Waals surface area (Å²) in [6, 6.07) is 17.0. The van der Waals surface area contributed by atoms with Gasteiger partial charge in [-0.3, -0.25) is 0 Å². The molecule has 7 nitrogen and oxygen atoms in total. The summed E-state index contributed by atoms with van der Waals surface area (Å²) in [5.74, 6) is 0.741. The molecule has 0 spiro atoms. The van der Waals surface area contributed by atoms with Gasteiger partial charge in [-0.15, -0.1) is 0 Å². The smallest absolute Gasteiger partial charge is 0.409 e. The van der Waals surface area contributed by atoms with E-state index in [9.17, 15) is 9.59 Å². The fourth-order valence-electron chi connectivity index (χ4n) is 2.88. The zero-order valence-corrected chi connectivity index (χ0v) is 16.0. The van der Waals surface area contributed by atoms with E-state index in [0.29, 0.717) is 45.1 Å². The quantitative estimate of drug-likeness (QED) is 0.857. The summed E-state index contributed by atoms with van der Waals surface area (Å²) in [6.07, 6.45) is -0.325.